The topological polar surface area (TPSA) is 45.6 Å². The van der Waals surface area contributed by atoms with Crippen molar-refractivity contribution in [1.29, 1.82) is 0 Å². The van der Waals surface area contributed by atoms with Gasteiger partial charge in [0.15, 0.2) is 0 Å². The van der Waals surface area contributed by atoms with Crippen LogP contribution in [0.25, 0.3) is 10.9 Å². The van der Waals surface area contributed by atoms with Crippen molar-refractivity contribution in [3.8, 4) is 5.75 Å². The molecule has 1 aromatic heterocycles. The summed E-state index contributed by atoms with van der Waals surface area (Å²) >= 11 is 0. The van der Waals surface area contributed by atoms with Crippen molar-refractivity contribution in [2.75, 3.05) is 26.7 Å². The van der Waals surface area contributed by atoms with Crippen molar-refractivity contribution in [3.05, 3.63) is 36.0 Å². The van der Waals surface area contributed by atoms with Crippen molar-refractivity contribution in [2.45, 2.75) is 25.4 Å². The van der Waals surface area contributed by atoms with E-state index in [4.69, 9.17) is 4.74 Å². The van der Waals surface area contributed by atoms with Crippen LogP contribution in [0, 0.1) is 0 Å². The van der Waals surface area contributed by atoms with E-state index in [2.05, 4.69) is 9.88 Å². The fourth-order valence-corrected chi connectivity index (χ4v) is 3.05. The van der Waals surface area contributed by atoms with Crippen LogP contribution in [0.1, 0.15) is 30.9 Å². The number of methoxy groups -OCH3 is 1. The summed E-state index contributed by atoms with van der Waals surface area (Å²) in [5.41, 5.74) is 1.83. The molecule has 4 heteroatoms. The molecule has 1 N–H and O–H groups in total. The fourth-order valence-electron chi connectivity index (χ4n) is 3.05. The van der Waals surface area contributed by atoms with E-state index in [0.29, 0.717) is 6.54 Å². The molecule has 2 heterocycles. The number of nitrogens with zero attached hydrogens (tertiary/aromatic N) is 2. The van der Waals surface area contributed by atoms with Crippen LogP contribution >= 0.6 is 0 Å². The van der Waals surface area contributed by atoms with Crippen molar-refractivity contribution in [2.24, 2.45) is 0 Å². The Bertz CT molecular complexity index is 609. The Labute approximate surface area is 125 Å². The smallest absolute Gasteiger partial charge is 0.119 e. The highest BCUT2D eigenvalue weighted by Crippen LogP contribution is 2.27. The number of hydrogen-bond donors (Lipinski definition) is 1. The van der Waals surface area contributed by atoms with Crippen LogP contribution in [-0.2, 0) is 0 Å². The van der Waals surface area contributed by atoms with E-state index >= 15 is 0 Å². The third kappa shape index (κ3) is 3.17. The third-order valence-electron chi connectivity index (χ3n) is 4.22. The summed E-state index contributed by atoms with van der Waals surface area (Å²) in [5, 5.41) is 11.6. The van der Waals surface area contributed by atoms with Crippen LogP contribution in [0.15, 0.2) is 30.5 Å². The largest absolute Gasteiger partial charge is 0.497 e. The summed E-state index contributed by atoms with van der Waals surface area (Å²) in [5.74, 6) is 0.793. The predicted molar refractivity (Wildman–Crippen MR) is 83.5 cm³/mol. The predicted octanol–water partition coefficient (Wildman–Crippen LogP) is 2.76. The van der Waals surface area contributed by atoms with Gasteiger partial charge < -0.3 is 14.7 Å². The highest BCUT2D eigenvalue weighted by Gasteiger charge is 2.18. The van der Waals surface area contributed by atoms with Crippen molar-refractivity contribution >= 4 is 10.9 Å². The van der Waals surface area contributed by atoms with Crippen molar-refractivity contribution in [1.82, 2.24) is 9.88 Å². The number of likely N-dealkylation sites (tertiary alicyclic amines) is 1. The lowest BCUT2D eigenvalue weighted by molar-refractivity contribution is 0.102. The van der Waals surface area contributed by atoms with Gasteiger partial charge in [0.2, 0.25) is 0 Å². The molecular formula is C17H22N2O2. The van der Waals surface area contributed by atoms with Crippen molar-refractivity contribution in [3.63, 3.8) is 0 Å². The maximum absolute atomic E-state index is 10.6. The van der Waals surface area contributed by atoms with E-state index in [1.807, 2.05) is 24.3 Å². The van der Waals surface area contributed by atoms with Gasteiger partial charge in [-0.05, 0) is 55.8 Å². The van der Waals surface area contributed by atoms with Gasteiger partial charge in [0.25, 0.3) is 0 Å². The van der Waals surface area contributed by atoms with Crippen LogP contribution < -0.4 is 4.74 Å². The number of ether oxygens (including phenoxy) is 1. The van der Waals surface area contributed by atoms with Gasteiger partial charge in [-0.1, -0.05) is 6.42 Å². The van der Waals surface area contributed by atoms with Crippen molar-refractivity contribution < 1.29 is 9.84 Å². The summed E-state index contributed by atoms with van der Waals surface area (Å²) in [7, 11) is 1.65. The highest BCUT2D eigenvalue weighted by molar-refractivity contribution is 5.83. The molecule has 0 amide bonds. The molecule has 1 fully saturated rings. The first-order chi connectivity index (χ1) is 10.3. The molecule has 112 valence electrons. The number of β-amino-alcohol motifs (C(OH)–C–C–N with tert-alkyl or cyclic N) is 1. The summed E-state index contributed by atoms with van der Waals surface area (Å²) in [4.78, 5) is 6.71. The van der Waals surface area contributed by atoms with Gasteiger partial charge in [0.1, 0.15) is 5.75 Å². The Morgan fingerprint density at radius 1 is 1.24 bits per heavy atom. The summed E-state index contributed by atoms with van der Waals surface area (Å²) in [6.07, 6.45) is 5.06. The van der Waals surface area contributed by atoms with E-state index in [-0.39, 0.29) is 0 Å². The molecule has 4 nitrogen and oxygen atoms in total. The normalized spacial score (nSPS) is 17.8. The quantitative estimate of drug-likeness (QED) is 0.938. The monoisotopic (exact) mass is 286 g/mol. The van der Waals surface area contributed by atoms with Crippen LogP contribution in [0.3, 0.4) is 0 Å². The van der Waals surface area contributed by atoms with Crippen LogP contribution in [-0.4, -0.2) is 41.7 Å². The molecule has 0 bridgehead atoms. The number of rotatable bonds is 4. The number of hydrogen-bond acceptors (Lipinski definition) is 4. The van der Waals surface area contributed by atoms with Gasteiger partial charge in [0, 0.05) is 18.1 Å². The maximum Gasteiger partial charge on any atom is 0.119 e. The number of piperidine rings is 1. The van der Waals surface area contributed by atoms with Gasteiger partial charge >= 0.3 is 0 Å². The maximum atomic E-state index is 10.6. The highest BCUT2D eigenvalue weighted by atomic mass is 16.5. The second kappa shape index (κ2) is 6.41. The molecule has 0 saturated carbocycles. The Kier molecular flexibility index (Phi) is 4.36. The molecule has 1 saturated heterocycles. The van der Waals surface area contributed by atoms with Gasteiger partial charge in [-0.2, -0.15) is 0 Å². The molecule has 1 aliphatic rings. The summed E-state index contributed by atoms with van der Waals surface area (Å²) in [6.45, 7) is 2.86. The number of aliphatic hydroxyl groups is 1. The van der Waals surface area contributed by atoms with Gasteiger partial charge in [-0.25, -0.2) is 0 Å². The average Bonchev–Trinajstić information content (AvgIpc) is 2.54. The Morgan fingerprint density at radius 3 is 2.81 bits per heavy atom. The van der Waals surface area contributed by atoms with Gasteiger partial charge in [0.05, 0.1) is 18.7 Å². The molecule has 1 aliphatic heterocycles. The molecule has 0 spiro atoms. The molecule has 0 radical (unpaired) electrons. The first-order valence-corrected chi connectivity index (χ1v) is 7.61. The van der Waals surface area contributed by atoms with Crippen LogP contribution in [0.5, 0.6) is 5.75 Å². The Morgan fingerprint density at radius 2 is 2.05 bits per heavy atom. The minimum absolute atomic E-state index is 0.485. The molecule has 1 aromatic carbocycles. The van der Waals surface area contributed by atoms with Gasteiger partial charge in [-0.15, -0.1) is 0 Å². The number of pyridine rings is 1. The van der Waals surface area contributed by atoms with Crippen LogP contribution in [0.4, 0.5) is 0 Å². The lowest BCUT2D eigenvalue weighted by Crippen LogP contribution is -2.33. The lowest BCUT2D eigenvalue weighted by Gasteiger charge is -2.28. The molecular weight excluding hydrogens is 264 g/mol. The van der Waals surface area contributed by atoms with E-state index < -0.39 is 6.10 Å². The van der Waals surface area contributed by atoms with Gasteiger partial charge in [-0.3, -0.25) is 4.98 Å². The Hall–Kier alpha value is -1.65. The first-order valence-electron chi connectivity index (χ1n) is 7.61. The molecule has 1 atom stereocenters. The number of fused-ring (bicyclic) bond motifs is 1. The average molecular weight is 286 g/mol. The summed E-state index contributed by atoms with van der Waals surface area (Å²) < 4.78 is 5.29. The lowest BCUT2D eigenvalue weighted by atomic mass is 10.0. The Balaban J connectivity index is 1.87. The van der Waals surface area contributed by atoms with E-state index in [1.165, 1.54) is 19.3 Å². The van der Waals surface area contributed by atoms with E-state index in [0.717, 1.165) is 35.3 Å². The zero-order valence-electron chi connectivity index (χ0n) is 12.5. The van der Waals surface area contributed by atoms with E-state index in [9.17, 15) is 5.11 Å². The number of benzene rings is 1. The fraction of sp³-hybridized carbons (Fsp3) is 0.471. The minimum Gasteiger partial charge on any atom is -0.497 e. The second-order valence-electron chi connectivity index (χ2n) is 5.66. The zero-order valence-corrected chi connectivity index (χ0v) is 12.5. The first kappa shape index (κ1) is 14.3. The molecule has 0 aliphatic carbocycles. The second-order valence-corrected chi connectivity index (χ2v) is 5.66. The number of aromatic nitrogens is 1. The third-order valence-corrected chi connectivity index (χ3v) is 4.22. The summed E-state index contributed by atoms with van der Waals surface area (Å²) in [6, 6.07) is 7.70. The minimum atomic E-state index is -0.485. The number of aliphatic hydroxyl groups excluding tert-OH is 1. The van der Waals surface area contributed by atoms with Crippen LogP contribution in [0.2, 0.25) is 0 Å². The molecule has 2 aromatic rings. The molecule has 0 unspecified atom stereocenters. The van der Waals surface area contributed by atoms with E-state index in [1.54, 1.807) is 13.3 Å². The molecule has 3 rings (SSSR count). The molecule has 21 heavy (non-hydrogen) atoms. The zero-order chi connectivity index (χ0) is 14.7. The SMILES string of the molecule is COc1ccc2nccc([C@@H](O)CN3CCCCC3)c2c1. The standard InChI is InChI=1S/C17H22N2O2/c1-21-13-5-6-16-15(11-13)14(7-8-18-16)17(20)12-19-9-3-2-4-10-19/h5-8,11,17,20H,2-4,9-10,12H2,1H3/t17-/m0/s1.